The summed E-state index contributed by atoms with van der Waals surface area (Å²) < 4.78 is 5.23. The molecule has 0 atom stereocenters. The lowest BCUT2D eigenvalue weighted by atomic mass is 10.1. The van der Waals surface area contributed by atoms with Crippen LogP contribution in [0.25, 0.3) is 0 Å². The first-order chi connectivity index (χ1) is 10.7. The normalized spacial score (nSPS) is 9.82. The first-order valence-electron chi connectivity index (χ1n) is 7.08. The fourth-order valence-corrected chi connectivity index (χ4v) is 2.13. The second-order valence-electron chi connectivity index (χ2n) is 5.04. The van der Waals surface area contributed by atoms with Crippen LogP contribution in [-0.4, -0.2) is 12.5 Å². The Morgan fingerprint density at radius 1 is 1.18 bits per heavy atom. The number of carbonyl (C=O) groups is 1. The van der Waals surface area contributed by atoms with Crippen LogP contribution in [0, 0.1) is 18.3 Å². The maximum absolute atomic E-state index is 12.0. The molecule has 2 aromatic rings. The van der Waals surface area contributed by atoms with Crippen molar-refractivity contribution >= 4 is 5.91 Å². The second kappa shape index (κ2) is 7.84. The van der Waals surface area contributed by atoms with Gasteiger partial charge in [0.25, 0.3) is 0 Å². The first-order valence-corrected chi connectivity index (χ1v) is 7.08. The molecule has 0 bridgehead atoms. The van der Waals surface area contributed by atoms with Crippen molar-refractivity contribution < 1.29 is 9.53 Å². The first kappa shape index (κ1) is 15.6. The molecule has 0 spiro atoms. The highest BCUT2D eigenvalue weighted by atomic mass is 16.5. The summed E-state index contributed by atoms with van der Waals surface area (Å²) >= 11 is 0. The largest absolute Gasteiger partial charge is 0.479 e. The highest BCUT2D eigenvalue weighted by molar-refractivity contribution is 5.78. The van der Waals surface area contributed by atoms with Gasteiger partial charge in [-0.1, -0.05) is 42.0 Å². The van der Waals surface area contributed by atoms with Crippen molar-refractivity contribution in [2.75, 3.05) is 6.61 Å². The van der Waals surface area contributed by atoms with E-state index in [4.69, 9.17) is 10.00 Å². The van der Waals surface area contributed by atoms with Gasteiger partial charge in [0.2, 0.25) is 5.91 Å². The Kier molecular flexibility index (Phi) is 5.56. The summed E-state index contributed by atoms with van der Waals surface area (Å²) in [6.07, 6.45) is 0.287. The van der Waals surface area contributed by atoms with Crippen LogP contribution in [0.3, 0.4) is 0 Å². The van der Waals surface area contributed by atoms with E-state index in [2.05, 4.69) is 11.4 Å². The third-order valence-electron chi connectivity index (χ3n) is 3.14. The van der Waals surface area contributed by atoms with Crippen LogP contribution < -0.4 is 10.1 Å². The Hall–Kier alpha value is -2.80. The van der Waals surface area contributed by atoms with E-state index >= 15 is 0 Å². The van der Waals surface area contributed by atoms with Crippen molar-refractivity contribution in [1.82, 2.24) is 5.32 Å². The van der Waals surface area contributed by atoms with Crippen LogP contribution in [0.5, 0.6) is 5.75 Å². The average Bonchev–Trinajstić information content (AvgIpc) is 2.51. The van der Waals surface area contributed by atoms with Crippen molar-refractivity contribution in [2.24, 2.45) is 0 Å². The SMILES string of the molecule is Cc1cccc(CNC(=O)Cc2cccc(OCC#N)c2)c1. The van der Waals surface area contributed by atoms with Gasteiger partial charge < -0.3 is 10.1 Å². The number of rotatable bonds is 6. The Balaban J connectivity index is 1.88. The zero-order valence-electron chi connectivity index (χ0n) is 12.5. The molecule has 0 heterocycles. The van der Waals surface area contributed by atoms with Crippen LogP contribution in [0.4, 0.5) is 0 Å². The third-order valence-corrected chi connectivity index (χ3v) is 3.14. The highest BCUT2D eigenvalue weighted by Gasteiger charge is 2.05. The van der Waals surface area contributed by atoms with Gasteiger partial charge in [-0.25, -0.2) is 0 Å². The maximum atomic E-state index is 12.0. The van der Waals surface area contributed by atoms with Crippen molar-refractivity contribution in [3.8, 4) is 11.8 Å². The molecule has 0 aromatic heterocycles. The van der Waals surface area contributed by atoms with Gasteiger partial charge in [-0.3, -0.25) is 4.79 Å². The molecule has 2 rings (SSSR count). The molecular formula is C18H18N2O2. The molecular weight excluding hydrogens is 276 g/mol. The van der Waals surface area contributed by atoms with Crippen molar-refractivity contribution in [2.45, 2.75) is 19.9 Å². The summed E-state index contributed by atoms with van der Waals surface area (Å²) in [6, 6.07) is 17.2. The molecule has 0 fully saturated rings. The van der Waals surface area contributed by atoms with Crippen LogP contribution in [-0.2, 0) is 17.8 Å². The average molecular weight is 294 g/mol. The summed E-state index contributed by atoms with van der Waals surface area (Å²) in [7, 11) is 0. The van der Waals surface area contributed by atoms with E-state index in [1.54, 1.807) is 12.1 Å². The molecule has 0 unspecified atom stereocenters. The van der Waals surface area contributed by atoms with Gasteiger partial charge in [0.05, 0.1) is 6.42 Å². The van der Waals surface area contributed by atoms with Gasteiger partial charge in [0, 0.05) is 6.54 Å². The lowest BCUT2D eigenvalue weighted by Crippen LogP contribution is -2.24. The van der Waals surface area contributed by atoms with E-state index in [1.165, 1.54) is 5.56 Å². The molecule has 0 radical (unpaired) electrons. The number of nitriles is 1. The van der Waals surface area contributed by atoms with Gasteiger partial charge >= 0.3 is 0 Å². The Morgan fingerprint density at radius 3 is 2.73 bits per heavy atom. The zero-order valence-corrected chi connectivity index (χ0v) is 12.5. The predicted molar refractivity (Wildman–Crippen MR) is 84.3 cm³/mol. The van der Waals surface area contributed by atoms with Gasteiger partial charge in [-0.15, -0.1) is 0 Å². The number of hydrogen-bond donors (Lipinski definition) is 1. The van der Waals surface area contributed by atoms with Crippen LogP contribution >= 0.6 is 0 Å². The van der Waals surface area contributed by atoms with Gasteiger partial charge in [0.1, 0.15) is 11.8 Å². The van der Waals surface area contributed by atoms with Crippen LogP contribution in [0.15, 0.2) is 48.5 Å². The summed E-state index contributed by atoms with van der Waals surface area (Å²) in [5, 5.41) is 11.4. The minimum absolute atomic E-state index is 0.00298. The summed E-state index contributed by atoms with van der Waals surface area (Å²) in [6.45, 7) is 2.55. The molecule has 4 heteroatoms. The highest BCUT2D eigenvalue weighted by Crippen LogP contribution is 2.13. The van der Waals surface area contributed by atoms with Gasteiger partial charge in [0.15, 0.2) is 6.61 Å². The van der Waals surface area contributed by atoms with Crippen molar-refractivity contribution in [3.63, 3.8) is 0 Å². The summed E-state index contributed by atoms with van der Waals surface area (Å²) in [5.74, 6) is 0.560. The molecule has 0 saturated heterocycles. The quantitative estimate of drug-likeness (QED) is 0.891. The van der Waals surface area contributed by atoms with Crippen molar-refractivity contribution in [1.29, 1.82) is 5.26 Å². The van der Waals surface area contributed by atoms with E-state index in [0.29, 0.717) is 12.3 Å². The molecule has 112 valence electrons. The number of nitrogens with one attached hydrogen (secondary N) is 1. The van der Waals surface area contributed by atoms with Gasteiger partial charge in [-0.05, 0) is 30.2 Å². The second-order valence-corrected chi connectivity index (χ2v) is 5.04. The molecule has 0 aliphatic heterocycles. The molecule has 0 saturated carbocycles. The monoisotopic (exact) mass is 294 g/mol. The van der Waals surface area contributed by atoms with Crippen molar-refractivity contribution in [3.05, 3.63) is 65.2 Å². The lowest BCUT2D eigenvalue weighted by Gasteiger charge is -2.07. The summed E-state index contributed by atoms with van der Waals surface area (Å²) in [5.41, 5.74) is 3.12. The molecule has 0 aliphatic carbocycles. The minimum Gasteiger partial charge on any atom is -0.479 e. The van der Waals surface area contributed by atoms with E-state index in [9.17, 15) is 4.79 Å². The number of amides is 1. The fraction of sp³-hybridized carbons (Fsp3) is 0.222. The molecule has 1 amide bonds. The zero-order chi connectivity index (χ0) is 15.8. The lowest BCUT2D eigenvalue weighted by molar-refractivity contribution is -0.120. The number of ether oxygens (including phenoxy) is 1. The summed E-state index contributed by atoms with van der Waals surface area (Å²) in [4.78, 5) is 12.0. The van der Waals surface area contributed by atoms with Gasteiger partial charge in [-0.2, -0.15) is 5.26 Å². The number of hydrogen-bond acceptors (Lipinski definition) is 3. The smallest absolute Gasteiger partial charge is 0.224 e. The van der Waals surface area contributed by atoms with E-state index in [-0.39, 0.29) is 18.9 Å². The third kappa shape index (κ3) is 4.95. The molecule has 22 heavy (non-hydrogen) atoms. The number of benzene rings is 2. The maximum Gasteiger partial charge on any atom is 0.224 e. The number of nitrogens with zero attached hydrogens (tertiary/aromatic N) is 1. The molecule has 4 nitrogen and oxygen atoms in total. The molecule has 2 aromatic carbocycles. The predicted octanol–water partition coefficient (Wildman–Crippen LogP) is 2.76. The molecule has 1 N–H and O–H groups in total. The standard InChI is InChI=1S/C18H18N2O2/c1-14-4-2-6-16(10-14)13-20-18(21)12-15-5-3-7-17(11-15)22-9-8-19/h2-7,10-11H,9,12-13H2,1H3,(H,20,21). The Labute approximate surface area is 130 Å². The fourth-order valence-electron chi connectivity index (χ4n) is 2.13. The topological polar surface area (TPSA) is 62.1 Å². The van der Waals surface area contributed by atoms with E-state index in [0.717, 1.165) is 11.1 Å². The van der Waals surface area contributed by atoms with Crippen LogP contribution in [0.1, 0.15) is 16.7 Å². The van der Waals surface area contributed by atoms with E-state index in [1.807, 2.05) is 43.3 Å². The minimum atomic E-state index is -0.0426. The van der Waals surface area contributed by atoms with Crippen LogP contribution in [0.2, 0.25) is 0 Å². The van der Waals surface area contributed by atoms with E-state index < -0.39 is 0 Å². The Bertz CT molecular complexity index is 689. The number of carbonyl (C=O) groups excluding carboxylic acids is 1. The number of aryl methyl sites for hydroxylation is 1. The Morgan fingerprint density at radius 2 is 1.95 bits per heavy atom. The molecule has 0 aliphatic rings.